The first kappa shape index (κ1) is 11.4. The Kier molecular flexibility index (Phi) is 3.36. The van der Waals surface area contributed by atoms with Crippen molar-refractivity contribution in [3.63, 3.8) is 0 Å². The lowest BCUT2D eigenvalue weighted by Gasteiger charge is -2.41. The maximum absolute atomic E-state index is 7.46. The highest BCUT2D eigenvalue weighted by atomic mass is 28.4. The van der Waals surface area contributed by atoms with Gasteiger partial charge in [-0.2, -0.15) is 0 Å². The van der Waals surface area contributed by atoms with Crippen molar-refractivity contribution in [2.75, 3.05) is 0 Å². The molecule has 2 heteroatoms. The lowest BCUT2D eigenvalue weighted by Crippen LogP contribution is -2.44. The molecular formula is C13H26OSi. The highest BCUT2D eigenvalue weighted by molar-refractivity contribution is 6.74. The standard InChI is InChI=1S/C13H26OSi/c1-11-9-7-8-10-12(11)14-15(5,6)13(2,3)4/h12H,1,7-10H2,2-6H3/i1D. The summed E-state index contributed by atoms with van der Waals surface area (Å²) in [6.45, 7) is 12.9. The van der Waals surface area contributed by atoms with Crippen molar-refractivity contribution in [3.05, 3.63) is 12.1 Å². The molecule has 1 fully saturated rings. The number of rotatable bonds is 2. The van der Waals surface area contributed by atoms with Crippen LogP contribution in [0.3, 0.4) is 0 Å². The van der Waals surface area contributed by atoms with Gasteiger partial charge in [-0.25, -0.2) is 0 Å². The van der Waals surface area contributed by atoms with Crippen LogP contribution in [-0.4, -0.2) is 14.4 Å². The summed E-state index contributed by atoms with van der Waals surface area (Å²) in [7, 11) is -1.67. The first-order valence-corrected chi connectivity index (χ1v) is 8.94. The fourth-order valence-corrected chi connectivity index (χ4v) is 3.01. The predicted octanol–water partition coefficient (Wildman–Crippen LogP) is 4.51. The van der Waals surface area contributed by atoms with E-state index in [0.717, 1.165) is 12.8 Å². The van der Waals surface area contributed by atoms with E-state index in [0.29, 0.717) is 0 Å². The Balaban J connectivity index is 2.72. The molecule has 1 aliphatic carbocycles. The van der Waals surface area contributed by atoms with Crippen molar-refractivity contribution in [1.29, 1.82) is 0 Å². The zero-order valence-corrected chi connectivity index (χ0v) is 11.9. The Labute approximate surface area is 97.4 Å². The van der Waals surface area contributed by atoms with E-state index in [2.05, 4.69) is 33.9 Å². The van der Waals surface area contributed by atoms with Crippen molar-refractivity contribution in [1.82, 2.24) is 0 Å². The van der Waals surface area contributed by atoms with Gasteiger partial charge in [0.05, 0.1) is 7.47 Å². The van der Waals surface area contributed by atoms with Gasteiger partial charge >= 0.3 is 0 Å². The summed E-state index contributed by atoms with van der Waals surface area (Å²) >= 11 is 0. The first-order valence-electron chi connectivity index (χ1n) is 6.61. The van der Waals surface area contributed by atoms with Gasteiger partial charge < -0.3 is 4.43 Å². The van der Waals surface area contributed by atoms with Crippen molar-refractivity contribution in [2.45, 2.75) is 70.7 Å². The summed E-state index contributed by atoms with van der Waals surface area (Å²) in [5.41, 5.74) is 1.20. The highest BCUT2D eigenvalue weighted by Gasteiger charge is 2.39. The van der Waals surface area contributed by atoms with Crippen LogP contribution in [0.5, 0.6) is 0 Å². The first-order chi connectivity index (χ1) is 7.28. The molecule has 0 aliphatic heterocycles. The van der Waals surface area contributed by atoms with Gasteiger partial charge in [0.25, 0.3) is 0 Å². The lowest BCUT2D eigenvalue weighted by atomic mass is 9.94. The van der Waals surface area contributed by atoms with Crippen LogP contribution in [0.15, 0.2) is 12.1 Å². The summed E-state index contributed by atoms with van der Waals surface area (Å²) in [6, 6.07) is 0. The van der Waals surface area contributed by atoms with Gasteiger partial charge in [0.15, 0.2) is 8.32 Å². The van der Waals surface area contributed by atoms with Crippen molar-refractivity contribution in [3.8, 4) is 0 Å². The van der Waals surface area contributed by atoms with Crippen LogP contribution in [0.2, 0.25) is 18.1 Å². The van der Waals surface area contributed by atoms with Crippen molar-refractivity contribution < 1.29 is 5.80 Å². The van der Waals surface area contributed by atoms with Crippen LogP contribution in [0.25, 0.3) is 0 Å². The lowest BCUT2D eigenvalue weighted by molar-refractivity contribution is 0.184. The van der Waals surface area contributed by atoms with E-state index in [1.165, 1.54) is 25.0 Å². The summed E-state index contributed by atoms with van der Waals surface area (Å²) < 4.78 is 13.9. The van der Waals surface area contributed by atoms with Gasteiger partial charge in [0, 0.05) is 0 Å². The third-order valence-corrected chi connectivity index (χ3v) is 8.32. The molecule has 0 amide bonds. The van der Waals surface area contributed by atoms with Gasteiger partial charge in [0.2, 0.25) is 0 Å². The van der Waals surface area contributed by atoms with E-state index in [1.54, 1.807) is 0 Å². The fourth-order valence-electron chi connectivity index (χ4n) is 1.67. The minimum Gasteiger partial charge on any atom is -0.410 e. The molecule has 0 saturated heterocycles. The second kappa shape index (κ2) is 4.42. The SMILES string of the molecule is [2H]C=C1CCCCC1O[Si](C)(C)C(C)(C)C. The largest absolute Gasteiger partial charge is 0.410 e. The molecule has 0 N–H and O–H groups in total. The molecule has 0 aromatic carbocycles. The molecule has 1 aliphatic rings. The van der Waals surface area contributed by atoms with E-state index < -0.39 is 8.32 Å². The summed E-state index contributed by atoms with van der Waals surface area (Å²) in [5.74, 6) is 0. The molecule has 0 radical (unpaired) electrons. The van der Waals surface area contributed by atoms with E-state index >= 15 is 0 Å². The number of hydrogen-bond donors (Lipinski definition) is 0. The maximum atomic E-state index is 7.46. The van der Waals surface area contributed by atoms with Crippen LogP contribution in [-0.2, 0) is 4.43 Å². The molecule has 0 heterocycles. The quantitative estimate of drug-likeness (QED) is 0.498. The maximum Gasteiger partial charge on any atom is 0.192 e. The minimum absolute atomic E-state index is 0.229. The van der Waals surface area contributed by atoms with Gasteiger partial charge in [-0.05, 0) is 37.4 Å². The zero-order chi connectivity index (χ0) is 12.4. The monoisotopic (exact) mass is 227 g/mol. The fraction of sp³-hybridized carbons (Fsp3) is 0.846. The van der Waals surface area contributed by atoms with Gasteiger partial charge in [-0.15, -0.1) is 0 Å². The molecule has 1 saturated carbocycles. The van der Waals surface area contributed by atoms with E-state index in [1.807, 2.05) is 0 Å². The summed E-state index contributed by atoms with van der Waals surface area (Å²) in [4.78, 5) is 0. The average Bonchev–Trinajstić information content (AvgIpc) is 2.16. The van der Waals surface area contributed by atoms with Crippen LogP contribution in [0.4, 0.5) is 0 Å². The Hall–Kier alpha value is -0.0831. The van der Waals surface area contributed by atoms with E-state index in [4.69, 9.17) is 5.80 Å². The Morgan fingerprint density at radius 1 is 1.40 bits per heavy atom. The second-order valence-electron chi connectivity index (χ2n) is 6.19. The molecule has 1 rings (SSSR count). The minimum atomic E-state index is -1.67. The topological polar surface area (TPSA) is 9.23 Å². The van der Waals surface area contributed by atoms with Crippen LogP contribution < -0.4 is 0 Å². The van der Waals surface area contributed by atoms with Gasteiger partial charge in [-0.3, -0.25) is 0 Å². The normalized spacial score (nSPS) is 27.9. The Morgan fingerprint density at radius 3 is 2.60 bits per heavy atom. The summed E-state index contributed by atoms with van der Waals surface area (Å²) in [5, 5.41) is 0.261. The average molecular weight is 227 g/mol. The van der Waals surface area contributed by atoms with Gasteiger partial charge in [-0.1, -0.05) is 39.3 Å². The third-order valence-electron chi connectivity index (χ3n) is 3.84. The number of hydrogen-bond acceptors (Lipinski definition) is 1. The Bertz CT molecular complexity index is 266. The van der Waals surface area contributed by atoms with E-state index in [9.17, 15) is 0 Å². The predicted molar refractivity (Wildman–Crippen MR) is 69.7 cm³/mol. The third kappa shape index (κ3) is 3.18. The van der Waals surface area contributed by atoms with Crippen LogP contribution in [0, 0.1) is 0 Å². The molecule has 1 nitrogen and oxygen atoms in total. The highest BCUT2D eigenvalue weighted by Crippen LogP contribution is 2.39. The molecule has 0 aromatic rings. The molecule has 0 aromatic heterocycles. The van der Waals surface area contributed by atoms with Gasteiger partial charge in [0.1, 0.15) is 0 Å². The van der Waals surface area contributed by atoms with Crippen LogP contribution >= 0.6 is 0 Å². The summed E-state index contributed by atoms with van der Waals surface area (Å²) in [6.07, 6.45) is 4.87. The smallest absolute Gasteiger partial charge is 0.192 e. The van der Waals surface area contributed by atoms with E-state index in [-0.39, 0.29) is 11.1 Å². The van der Waals surface area contributed by atoms with Crippen LogP contribution in [0.1, 0.15) is 47.8 Å². The molecule has 1 unspecified atom stereocenters. The molecular weight excluding hydrogens is 200 g/mol. The zero-order valence-electron chi connectivity index (χ0n) is 11.9. The molecule has 1 atom stereocenters. The molecule has 0 bridgehead atoms. The molecule has 88 valence electrons. The van der Waals surface area contributed by atoms with Crippen molar-refractivity contribution in [2.24, 2.45) is 0 Å². The Morgan fingerprint density at radius 2 is 2.07 bits per heavy atom. The molecule has 15 heavy (non-hydrogen) atoms. The van der Waals surface area contributed by atoms with Crippen molar-refractivity contribution >= 4 is 8.32 Å². The second-order valence-corrected chi connectivity index (χ2v) is 10.9. The molecule has 0 spiro atoms.